The fourth-order valence-corrected chi connectivity index (χ4v) is 3.48. The van der Waals surface area contributed by atoms with Gasteiger partial charge in [0.05, 0.1) is 0 Å². The highest BCUT2D eigenvalue weighted by Gasteiger charge is 2.42. The minimum Gasteiger partial charge on any atom is -0.456 e. The zero-order valence-corrected chi connectivity index (χ0v) is 12.5. The quantitative estimate of drug-likeness (QED) is 0.842. The molecule has 2 aromatic rings. The summed E-state index contributed by atoms with van der Waals surface area (Å²) in [5.41, 5.74) is 0. The molecule has 22 heavy (non-hydrogen) atoms. The number of carbonyl (C=O) groups excluding carboxylic acids is 1. The van der Waals surface area contributed by atoms with Gasteiger partial charge in [0.2, 0.25) is 5.95 Å². The van der Waals surface area contributed by atoms with E-state index in [1.165, 1.54) is 0 Å². The zero-order valence-electron chi connectivity index (χ0n) is 12.5. The van der Waals surface area contributed by atoms with Crippen molar-refractivity contribution < 1.29 is 9.21 Å². The van der Waals surface area contributed by atoms with E-state index in [1.807, 2.05) is 24.0 Å². The number of hydrogen-bond donors (Lipinski definition) is 0. The summed E-state index contributed by atoms with van der Waals surface area (Å²) in [4.78, 5) is 25.2. The van der Waals surface area contributed by atoms with Crippen molar-refractivity contribution in [2.75, 3.05) is 31.1 Å². The normalized spacial score (nSPS) is 23.9. The Morgan fingerprint density at radius 3 is 2.41 bits per heavy atom. The largest absolute Gasteiger partial charge is 0.456 e. The Kier molecular flexibility index (Phi) is 3.10. The molecule has 0 saturated carbocycles. The standard InChI is InChI=1S/C16H18N4O2/c1-11-3-4-14(22-11)15(21)19-7-12-9-20(10-13(12)8-19)16-17-5-2-6-18-16/h2-6,12-13H,7-10H2,1H3/t12-,13-/m1/s1. The van der Waals surface area contributed by atoms with Gasteiger partial charge < -0.3 is 14.2 Å². The summed E-state index contributed by atoms with van der Waals surface area (Å²) in [5, 5.41) is 0. The maximum absolute atomic E-state index is 12.4. The van der Waals surface area contributed by atoms with Crippen molar-refractivity contribution in [2.24, 2.45) is 11.8 Å². The van der Waals surface area contributed by atoms with Crippen LogP contribution in [-0.4, -0.2) is 47.0 Å². The van der Waals surface area contributed by atoms with Crippen molar-refractivity contribution in [2.45, 2.75) is 6.92 Å². The Hall–Kier alpha value is -2.37. The first-order valence-electron chi connectivity index (χ1n) is 7.58. The summed E-state index contributed by atoms with van der Waals surface area (Å²) in [6.45, 7) is 5.25. The summed E-state index contributed by atoms with van der Waals surface area (Å²) in [5.74, 6) is 2.99. The van der Waals surface area contributed by atoms with Crippen LogP contribution in [0.25, 0.3) is 0 Å². The summed E-state index contributed by atoms with van der Waals surface area (Å²) in [6, 6.07) is 5.42. The Morgan fingerprint density at radius 2 is 1.82 bits per heavy atom. The molecule has 0 bridgehead atoms. The van der Waals surface area contributed by atoms with Gasteiger partial charge >= 0.3 is 0 Å². The molecule has 2 fully saturated rings. The molecule has 2 aromatic heterocycles. The predicted molar refractivity (Wildman–Crippen MR) is 80.6 cm³/mol. The van der Waals surface area contributed by atoms with Gasteiger partial charge in [-0.1, -0.05) is 0 Å². The van der Waals surface area contributed by atoms with Gasteiger partial charge in [-0.15, -0.1) is 0 Å². The molecular weight excluding hydrogens is 280 g/mol. The third kappa shape index (κ3) is 2.24. The van der Waals surface area contributed by atoms with Crippen LogP contribution in [0.2, 0.25) is 0 Å². The number of fused-ring (bicyclic) bond motifs is 1. The number of furan rings is 1. The van der Waals surface area contributed by atoms with Gasteiger partial charge in [0, 0.05) is 50.4 Å². The molecule has 4 heterocycles. The number of likely N-dealkylation sites (tertiary alicyclic amines) is 1. The number of aryl methyl sites for hydroxylation is 1. The SMILES string of the molecule is Cc1ccc(C(=O)N2C[C@@H]3CN(c4ncccn4)C[C@H]3C2)o1. The summed E-state index contributed by atoms with van der Waals surface area (Å²) in [6.07, 6.45) is 3.54. The molecule has 6 heteroatoms. The van der Waals surface area contributed by atoms with Crippen molar-refractivity contribution >= 4 is 11.9 Å². The second-order valence-corrected chi connectivity index (χ2v) is 6.09. The van der Waals surface area contributed by atoms with Crippen LogP contribution < -0.4 is 4.90 Å². The minimum absolute atomic E-state index is 0.00464. The Morgan fingerprint density at radius 1 is 1.14 bits per heavy atom. The van der Waals surface area contributed by atoms with Gasteiger partial charge in [0.15, 0.2) is 5.76 Å². The van der Waals surface area contributed by atoms with Crippen LogP contribution in [0, 0.1) is 18.8 Å². The third-order valence-corrected chi connectivity index (χ3v) is 4.56. The van der Waals surface area contributed by atoms with E-state index in [2.05, 4.69) is 14.9 Å². The lowest BCUT2D eigenvalue weighted by atomic mass is 10.0. The second-order valence-electron chi connectivity index (χ2n) is 6.09. The van der Waals surface area contributed by atoms with Crippen LogP contribution in [0.4, 0.5) is 5.95 Å². The molecule has 4 rings (SSSR count). The van der Waals surface area contributed by atoms with E-state index in [4.69, 9.17) is 4.42 Å². The molecule has 0 radical (unpaired) electrons. The highest BCUT2D eigenvalue weighted by Crippen LogP contribution is 2.33. The van der Waals surface area contributed by atoms with Crippen LogP contribution in [0.5, 0.6) is 0 Å². The van der Waals surface area contributed by atoms with E-state index in [0.29, 0.717) is 17.6 Å². The predicted octanol–water partition coefficient (Wildman–Crippen LogP) is 1.59. The topological polar surface area (TPSA) is 62.5 Å². The van der Waals surface area contributed by atoms with Crippen molar-refractivity contribution in [3.8, 4) is 0 Å². The molecule has 2 atom stereocenters. The molecule has 0 spiro atoms. The van der Waals surface area contributed by atoms with Crippen LogP contribution in [0.1, 0.15) is 16.3 Å². The fourth-order valence-electron chi connectivity index (χ4n) is 3.48. The Labute approximate surface area is 128 Å². The average molecular weight is 298 g/mol. The highest BCUT2D eigenvalue weighted by atomic mass is 16.3. The first-order valence-corrected chi connectivity index (χ1v) is 7.58. The zero-order chi connectivity index (χ0) is 15.1. The van der Waals surface area contributed by atoms with Crippen molar-refractivity contribution in [1.82, 2.24) is 14.9 Å². The van der Waals surface area contributed by atoms with Gasteiger partial charge in [-0.3, -0.25) is 4.79 Å². The van der Waals surface area contributed by atoms with Crippen LogP contribution in [-0.2, 0) is 0 Å². The number of carbonyl (C=O) groups is 1. The van der Waals surface area contributed by atoms with Crippen LogP contribution in [0.15, 0.2) is 35.0 Å². The third-order valence-electron chi connectivity index (χ3n) is 4.56. The van der Waals surface area contributed by atoms with Crippen molar-refractivity contribution in [1.29, 1.82) is 0 Å². The molecule has 0 aliphatic carbocycles. The van der Waals surface area contributed by atoms with Gasteiger partial charge in [0.25, 0.3) is 5.91 Å². The lowest BCUT2D eigenvalue weighted by molar-refractivity contribution is 0.0749. The van der Waals surface area contributed by atoms with E-state index in [0.717, 1.165) is 37.9 Å². The van der Waals surface area contributed by atoms with E-state index in [-0.39, 0.29) is 5.91 Å². The van der Waals surface area contributed by atoms with E-state index < -0.39 is 0 Å². The number of rotatable bonds is 2. The molecule has 0 unspecified atom stereocenters. The molecule has 0 aromatic carbocycles. The smallest absolute Gasteiger partial charge is 0.289 e. The number of hydrogen-bond acceptors (Lipinski definition) is 5. The lowest BCUT2D eigenvalue weighted by Gasteiger charge is -2.21. The van der Waals surface area contributed by atoms with E-state index in [1.54, 1.807) is 18.5 Å². The molecule has 6 nitrogen and oxygen atoms in total. The molecule has 114 valence electrons. The van der Waals surface area contributed by atoms with Crippen LogP contribution >= 0.6 is 0 Å². The van der Waals surface area contributed by atoms with E-state index in [9.17, 15) is 4.79 Å². The summed E-state index contributed by atoms with van der Waals surface area (Å²) in [7, 11) is 0. The molecule has 2 aliphatic heterocycles. The summed E-state index contributed by atoms with van der Waals surface area (Å²) >= 11 is 0. The lowest BCUT2D eigenvalue weighted by Crippen LogP contribution is -2.33. The maximum atomic E-state index is 12.4. The molecule has 1 amide bonds. The van der Waals surface area contributed by atoms with Gasteiger partial charge in [-0.05, 0) is 25.1 Å². The maximum Gasteiger partial charge on any atom is 0.289 e. The van der Waals surface area contributed by atoms with Crippen molar-refractivity contribution in [3.63, 3.8) is 0 Å². The van der Waals surface area contributed by atoms with E-state index >= 15 is 0 Å². The fraction of sp³-hybridized carbons (Fsp3) is 0.438. The van der Waals surface area contributed by atoms with Gasteiger partial charge in [0.1, 0.15) is 5.76 Å². The second kappa shape index (κ2) is 5.12. The molecule has 0 N–H and O–H groups in total. The highest BCUT2D eigenvalue weighted by molar-refractivity contribution is 5.91. The first kappa shape index (κ1) is 13.3. The Balaban J connectivity index is 1.42. The number of anilines is 1. The first-order chi connectivity index (χ1) is 10.7. The monoisotopic (exact) mass is 298 g/mol. The average Bonchev–Trinajstić information content (AvgIpc) is 3.21. The molecule has 2 aliphatic rings. The molecular formula is C16H18N4O2. The van der Waals surface area contributed by atoms with Gasteiger partial charge in [-0.25, -0.2) is 9.97 Å². The van der Waals surface area contributed by atoms with Crippen LogP contribution in [0.3, 0.4) is 0 Å². The van der Waals surface area contributed by atoms with Crippen molar-refractivity contribution in [3.05, 3.63) is 42.1 Å². The number of amides is 1. The number of aromatic nitrogens is 2. The molecule has 2 saturated heterocycles. The number of nitrogens with zero attached hydrogens (tertiary/aromatic N) is 4. The van der Waals surface area contributed by atoms with Gasteiger partial charge in [-0.2, -0.15) is 0 Å². The minimum atomic E-state index is 0.00464. The summed E-state index contributed by atoms with van der Waals surface area (Å²) < 4.78 is 5.45. The Bertz CT molecular complexity index is 670.